The minimum atomic E-state index is -0.186. The predicted molar refractivity (Wildman–Crippen MR) is 103 cm³/mol. The molecule has 1 aromatic heterocycles. The fourth-order valence-electron chi connectivity index (χ4n) is 3.64. The van der Waals surface area contributed by atoms with E-state index in [9.17, 15) is 9.59 Å². The molecule has 0 spiro atoms. The van der Waals surface area contributed by atoms with Gasteiger partial charge in [-0.1, -0.05) is 30.3 Å². The van der Waals surface area contributed by atoms with E-state index in [-0.39, 0.29) is 17.9 Å². The maximum absolute atomic E-state index is 12.8. The van der Waals surface area contributed by atoms with E-state index in [2.05, 4.69) is 34.6 Å². The Labute approximate surface area is 159 Å². The van der Waals surface area contributed by atoms with Crippen LogP contribution in [0.5, 0.6) is 0 Å². The topological polar surface area (TPSA) is 62.3 Å². The highest BCUT2D eigenvalue weighted by Crippen LogP contribution is 2.23. The number of amides is 2. The van der Waals surface area contributed by atoms with Gasteiger partial charge in [0.05, 0.1) is 0 Å². The zero-order valence-electron chi connectivity index (χ0n) is 15.4. The Hall–Kier alpha value is -2.69. The lowest BCUT2D eigenvalue weighted by atomic mass is 9.90. The summed E-state index contributed by atoms with van der Waals surface area (Å²) in [4.78, 5) is 31.0. The van der Waals surface area contributed by atoms with Crippen LogP contribution in [0.4, 0.5) is 0 Å². The van der Waals surface area contributed by atoms with Crippen LogP contribution in [0.2, 0.25) is 0 Å². The summed E-state index contributed by atoms with van der Waals surface area (Å²) in [5.74, 6) is 0.429. The highest BCUT2D eigenvalue weighted by molar-refractivity contribution is 5.98. The molecule has 1 aromatic carbocycles. The lowest BCUT2D eigenvalue weighted by Gasteiger charge is -2.32. The molecular weight excluding hydrogens is 338 g/mol. The van der Waals surface area contributed by atoms with Crippen LogP contribution in [-0.2, 0) is 6.42 Å². The van der Waals surface area contributed by atoms with E-state index in [0.29, 0.717) is 17.2 Å². The lowest BCUT2D eigenvalue weighted by Crippen LogP contribution is -2.39. The van der Waals surface area contributed by atoms with Gasteiger partial charge in [-0.3, -0.25) is 14.6 Å². The summed E-state index contributed by atoms with van der Waals surface area (Å²) >= 11 is 0. The average Bonchev–Trinajstić information content (AvgIpc) is 3.53. The van der Waals surface area contributed by atoms with Crippen molar-refractivity contribution in [3.63, 3.8) is 0 Å². The second kappa shape index (κ2) is 7.91. The van der Waals surface area contributed by atoms with Crippen molar-refractivity contribution in [2.75, 3.05) is 13.1 Å². The fraction of sp³-hybridized carbons (Fsp3) is 0.409. The van der Waals surface area contributed by atoms with E-state index in [0.717, 1.165) is 45.2 Å². The van der Waals surface area contributed by atoms with Crippen LogP contribution >= 0.6 is 0 Å². The molecule has 2 fully saturated rings. The highest BCUT2D eigenvalue weighted by atomic mass is 16.2. The summed E-state index contributed by atoms with van der Waals surface area (Å²) in [5.41, 5.74) is 2.24. The van der Waals surface area contributed by atoms with Crippen LogP contribution in [0.1, 0.15) is 52.1 Å². The molecule has 1 saturated heterocycles. The number of pyridine rings is 1. The standard InChI is InChI=1S/C22H25N3O2/c26-21(24-19-6-7-19)20-15-18(8-11-23-20)22(27)25-12-9-17(10-13-25)14-16-4-2-1-3-5-16/h1-5,8,11,15,17,19H,6-7,9-10,12-14H2,(H,24,26). The van der Waals surface area contributed by atoms with Crippen molar-refractivity contribution >= 4 is 11.8 Å². The zero-order valence-corrected chi connectivity index (χ0v) is 15.4. The first-order chi connectivity index (χ1) is 13.2. The number of hydrogen-bond acceptors (Lipinski definition) is 3. The second-order valence-electron chi connectivity index (χ2n) is 7.60. The SMILES string of the molecule is O=C(NC1CC1)c1cc(C(=O)N2CCC(Cc3ccccc3)CC2)ccn1. The highest BCUT2D eigenvalue weighted by Gasteiger charge is 2.26. The van der Waals surface area contributed by atoms with E-state index in [1.165, 1.54) is 5.56 Å². The van der Waals surface area contributed by atoms with Gasteiger partial charge in [-0.2, -0.15) is 0 Å². The number of aromatic nitrogens is 1. The Morgan fingerprint density at radius 1 is 1.04 bits per heavy atom. The Balaban J connectivity index is 1.34. The average molecular weight is 363 g/mol. The van der Waals surface area contributed by atoms with E-state index < -0.39 is 0 Å². The molecule has 2 amide bonds. The molecule has 140 valence electrons. The van der Waals surface area contributed by atoms with Crippen molar-refractivity contribution in [2.45, 2.75) is 38.1 Å². The number of nitrogens with one attached hydrogen (secondary N) is 1. The molecule has 1 saturated carbocycles. The van der Waals surface area contributed by atoms with Crippen molar-refractivity contribution in [3.8, 4) is 0 Å². The quantitative estimate of drug-likeness (QED) is 0.888. The first-order valence-corrected chi connectivity index (χ1v) is 9.79. The van der Waals surface area contributed by atoms with Crippen LogP contribution < -0.4 is 5.32 Å². The van der Waals surface area contributed by atoms with Crippen molar-refractivity contribution < 1.29 is 9.59 Å². The molecule has 1 N–H and O–H groups in total. The molecule has 4 rings (SSSR count). The third-order valence-electron chi connectivity index (χ3n) is 5.42. The summed E-state index contributed by atoms with van der Waals surface area (Å²) in [6, 6.07) is 14.1. The molecule has 5 nitrogen and oxygen atoms in total. The third-order valence-corrected chi connectivity index (χ3v) is 5.42. The van der Waals surface area contributed by atoms with Crippen LogP contribution in [0.25, 0.3) is 0 Å². The van der Waals surface area contributed by atoms with Gasteiger partial charge in [-0.05, 0) is 55.7 Å². The number of likely N-dealkylation sites (tertiary alicyclic amines) is 1. The first-order valence-electron chi connectivity index (χ1n) is 9.79. The second-order valence-corrected chi connectivity index (χ2v) is 7.60. The molecule has 1 aliphatic carbocycles. The molecule has 5 heteroatoms. The largest absolute Gasteiger partial charge is 0.348 e. The maximum atomic E-state index is 12.8. The Bertz CT molecular complexity index is 809. The summed E-state index contributed by atoms with van der Waals surface area (Å²) in [6.07, 6.45) is 6.72. The van der Waals surface area contributed by atoms with E-state index in [4.69, 9.17) is 0 Å². The third kappa shape index (κ3) is 4.54. The predicted octanol–water partition coefficient (Wildman–Crippen LogP) is 3.07. The number of hydrogen-bond donors (Lipinski definition) is 1. The van der Waals surface area contributed by atoms with Crippen molar-refractivity contribution in [1.29, 1.82) is 0 Å². The van der Waals surface area contributed by atoms with Gasteiger partial charge in [0.2, 0.25) is 0 Å². The molecule has 27 heavy (non-hydrogen) atoms. The van der Waals surface area contributed by atoms with E-state index in [1.54, 1.807) is 18.3 Å². The maximum Gasteiger partial charge on any atom is 0.270 e. The van der Waals surface area contributed by atoms with E-state index >= 15 is 0 Å². The van der Waals surface area contributed by atoms with Gasteiger partial charge >= 0.3 is 0 Å². The number of carbonyl (C=O) groups is 2. The van der Waals surface area contributed by atoms with Crippen molar-refractivity contribution in [3.05, 3.63) is 65.5 Å². The van der Waals surface area contributed by atoms with Gasteiger partial charge in [0.15, 0.2) is 0 Å². The number of rotatable bonds is 5. The van der Waals surface area contributed by atoms with Gasteiger partial charge in [0, 0.05) is 30.9 Å². The molecule has 2 aromatic rings. The molecule has 0 bridgehead atoms. The van der Waals surface area contributed by atoms with Crippen LogP contribution in [0.3, 0.4) is 0 Å². The van der Waals surface area contributed by atoms with Crippen LogP contribution in [0, 0.1) is 5.92 Å². The zero-order chi connectivity index (χ0) is 18.6. The number of nitrogens with zero attached hydrogens (tertiary/aromatic N) is 2. The minimum absolute atomic E-state index is 0.00367. The van der Waals surface area contributed by atoms with Crippen molar-refractivity contribution in [2.24, 2.45) is 5.92 Å². The first kappa shape index (κ1) is 17.7. The number of benzene rings is 1. The minimum Gasteiger partial charge on any atom is -0.348 e. The monoisotopic (exact) mass is 363 g/mol. The normalized spacial score (nSPS) is 17.6. The van der Waals surface area contributed by atoms with Gasteiger partial charge < -0.3 is 10.2 Å². The number of piperidine rings is 1. The number of carbonyl (C=O) groups excluding carboxylic acids is 2. The molecule has 2 heterocycles. The Kier molecular flexibility index (Phi) is 5.19. The van der Waals surface area contributed by atoms with Crippen LogP contribution in [0.15, 0.2) is 48.7 Å². The fourth-order valence-corrected chi connectivity index (χ4v) is 3.64. The smallest absolute Gasteiger partial charge is 0.270 e. The lowest BCUT2D eigenvalue weighted by molar-refractivity contribution is 0.0690. The Morgan fingerprint density at radius 3 is 2.48 bits per heavy atom. The van der Waals surface area contributed by atoms with Gasteiger partial charge in [0.25, 0.3) is 11.8 Å². The Morgan fingerprint density at radius 2 is 1.78 bits per heavy atom. The summed E-state index contributed by atoms with van der Waals surface area (Å²) in [6.45, 7) is 1.53. The molecule has 0 radical (unpaired) electrons. The van der Waals surface area contributed by atoms with E-state index in [1.807, 2.05) is 11.0 Å². The molecule has 0 unspecified atom stereocenters. The molecular formula is C22H25N3O2. The van der Waals surface area contributed by atoms with Gasteiger partial charge in [-0.25, -0.2) is 0 Å². The molecule has 2 aliphatic rings. The van der Waals surface area contributed by atoms with Crippen molar-refractivity contribution in [1.82, 2.24) is 15.2 Å². The summed E-state index contributed by atoms with van der Waals surface area (Å²) in [5, 5.41) is 2.92. The molecule has 0 atom stereocenters. The van der Waals surface area contributed by atoms with Gasteiger partial charge in [-0.15, -0.1) is 0 Å². The summed E-state index contributed by atoms with van der Waals surface area (Å²) < 4.78 is 0. The molecule has 1 aliphatic heterocycles. The summed E-state index contributed by atoms with van der Waals surface area (Å²) in [7, 11) is 0. The van der Waals surface area contributed by atoms with Gasteiger partial charge in [0.1, 0.15) is 5.69 Å². The van der Waals surface area contributed by atoms with Crippen LogP contribution in [-0.4, -0.2) is 40.8 Å².